The molecule has 0 saturated carbocycles. The van der Waals surface area contributed by atoms with Gasteiger partial charge in [-0.1, -0.05) is 35.9 Å². The van der Waals surface area contributed by atoms with Gasteiger partial charge >= 0.3 is 0 Å². The highest BCUT2D eigenvalue weighted by atomic mass is 35.5. The average molecular weight is 408 g/mol. The number of ether oxygens (including phenoxy) is 2. The maximum absolute atomic E-state index is 12.5. The Morgan fingerprint density at radius 3 is 2.52 bits per heavy atom. The van der Waals surface area contributed by atoms with Gasteiger partial charge in [0.25, 0.3) is 5.91 Å². The van der Waals surface area contributed by atoms with Crippen LogP contribution < -0.4 is 14.8 Å². The van der Waals surface area contributed by atoms with Gasteiger partial charge in [-0.2, -0.15) is 0 Å². The van der Waals surface area contributed by atoms with E-state index in [1.54, 1.807) is 18.2 Å². The Labute approximate surface area is 175 Å². The number of benzene rings is 3. The van der Waals surface area contributed by atoms with Crippen LogP contribution in [0.3, 0.4) is 0 Å². The van der Waals surface area contributed by atoms with E-state index in [-0.39, 0.29) is 12.5 Å². The number of para-hydroxylation sites is 1. The molecule has 4 rings (SSSR count). The van der Waals surface area contributed by atoms with Crippen molar-refractivity contribution in [2.24, 2.45) is 0 Å². The Hall–Kier alpha value is -2.98. The minimum atomic E-state index is -0.275. The van der Waals surface area contributed by atoms with E-state index in [1.165, 1.54) is 24.0 Å². The maximum atomic E-state index is 12.5. The molecule has 1 N–H and O–H groups in total. The Bertz CT molecular complexity index is 1000. The SMILES string of the molecule is O=C(COc1ccc2c(c1)CCCC2)Nc1cc(Cl)ccc1Oc1ccccc1. The highest BCUT2D eigenvalue weighted by Crippen LogP contribution is 2.32. The van der Waals surface area contributed by atoms with E-state index in [1.807, 2.05) is 42.5 Å². The molecule has 3 aromatic carbocycles. The predicted molar refractivity (Wildman–Crippen MR) is 115 cm³/mol. The lowest BCUT2D eigenvalue weighted by Crippen LogP contribution is -2.20. The first-order valence-corrected chi connectivity index (χ1v) is 10.1. The zero-order valence-corrected chi connectivity index (χ0v) is 16.7. The van der Waals surface area contributed by atoms with Crippen LogP contribution in [0.15, 0.2) is 66.7 Å². The Morgan fingerprint density at radius 2 is 1.69 bits per heavy atom. The number of rotatable bonds is 6. The number of hydrogen-bond donors (Lipinski definition) is 1. The molecular weight excluding hydrogens is 386 g/mol. The first-order chi connectivity index (χ1) is 14.2. The summed E-state index contributed by atoms with van der Waals surface area (Å²) in [4.78, 5) is 12.5. The fourth-order valence-electron chi connectivity index (χ4n) is 3.44. The second-order valence-electron chi connectivity index (χ2n) is 7.03. The lowest BCUT2D eigenvalue weighted by molar-refractivity contribution is -0.118. The third-order valence-corrected chi connectivity index (χ3v) is 5.11. The first kappa shape index (κ1) is 19.3. The van der Waals surface area contributed by atoms with E-state index >= 15 is 0 Å². The lowest BCUT2D eigenvalue weighted by Gasteiger charge is -2.17. The molecule has 29 heavy (non-hydrogen) atoms. The number of carbonyl (C=O) groups is 1. The van der Waals surface area contributed by atoms with Crippen LogP contribution in [0.4, 0.5) is 5.69 Å². The Morgan fingerprint density at radius 1 is 0.897 bits per heavy atom. The highest BCUT2D eigenvalue weighted by Gasteiger charge is 2.13. The normalized spacial score (nSPS) is 12.7. The highest BCUT2D eigenvalue weighted by molar-refractivity contribution is 6.31. The summed E-state index contributed by atoms with van der Waals surface area (Å²) < 4.78 is 11.6. The number of fused-ring (bicyclic) bond motifs is 1. The van der Waals surface area contributed by atoms with E-state index < -0.39 is 0 Å². The molecule has 0 heterocycles. The van der Waals surface area contributed by atoms with Gasteiger partial charge in [-0.25, -0.2) is 0 Å². The van der Waals surface area contributed by atoms with Gasteiger partial charge in [0.05, 0.1) is 5.69 Å². The van der Waals surface area contributed by atoms with Gasteiger partial charge in [0.15, 0.2) is 12.4 Å². The molecule has 1 aliphatic rings. The molecule has 0 fully saturated rings. The molecule has 5 heteroatoms. The Balaban J connectivity index is 1.41. The molecule has 1 amide bonds. The van der Waals surface area contributed by atoms with Gasteiger partial charge in [-0.15, -0.1) is 0 Å². The number of hydrogen-bond acceptors (Lipinski definition) is 3. The largest absolute Gasteiger partial charge is 0.484 e. The number of anilines is 1. The van der Waals surface area contributed by atoms with Crippen molar-refractivity contribution in [2.45, 2.75) is 25.7 Å². The molecule has 4 nitrogen and oxygen atoms in total. The van der Waals surface area contributed by atoms with Crippen molar-refractivity contribution in [2.75, 3.05) is 11.9 Å². The van der Waals surface area contributed by atoms with E-state index in [0.717, 1.165) is 12.8 Å². The third-order valence-electron chi connectivity index (χ3n) is 4.88. The summed E-state index contributed by atoms with van der Waals surface area (Å²) in [6.45, 7) is -0.0872. The van der Waals surface area contributed by atoms with Crippen LogP contribution in [0.5, 0.6) is 17.2 Å². The average Bonchev–Trinajstić information content (AvgIpc) is 2.75. The van der Waals surface area contributed by atoms with E-state index in [4.69, 9.17) is 21.1 Å². The van der Waals surface area contributed by atoms with Crippen molar-refractivity contribution in [3.05, 3.63) is 82.9 Å². The fourth-order valence-corrected chi connectivity index (χ4v) is 3.61. The minimum absolute atomic E-state index is 0.0872. The number of carbonyl (C=O) groups excluding carboxylic acids is 1. The summed E-state index contributed by atoms with van der Waals surface area (Å²) in [5, 5.41) is 3.34. The molecule has 0 atom stereocenters. The zero-order valence-electron chi connectivity index (χ0n) is 16.0. The van der Waals surface area contributed by atoms with Gasteiger partial charge in [0.1, 0.15) is 11.5 Å². The molecule has 3 aromatic rings. The number of aryl methyl sites for hydroxylation is 2. The van der Waals surface area contributed by atoms with Crippen molar-refractivity contribution in [3.63, 3.8) is 0 Å². The smallest absolute Gasteiger partial charge is 0.262 e. The van der Waals surface area contributed by atoms with Crippen LogP contribution in [0.2, 0.25) is 5.02 Å². The number of nitrogens with one attached hydrogen (secondary N) is 1. The third kappa shape index (κ3) is 5.09. The van der Waals surface area contributed by atoms with Gasteiger partial charge < -0.3 is 14.8 Å². The summed E-state index contributed by atoms with van der Waals surface area (Å²) in [5.41, 5.74) is 3.21. The van der Waals surface area contributed by atoms with Gasteiger partial charge in [-0.05, 0) is 79.3 Å². The maximum Gasteiger partial charge on any atom is 0.262 e. The van der Waals surface area contributed by atoms with Gasteiger partial charge in [0, 0.05) is 5.02 Å². The van der Waals surface area contributed by atoms with Crippen LogP contribution in [-0.2, 0) is 17.6 Å². The molecule has 0 aromatic heterocycles. The standard InChI is InChI=1S/C24H22ClNO3/c25-19-11-13-23(29-20-8-2-1-3-9-20)22(15-19)26-24(27)16-28-21-12-10-17-6-4-5-7-18(17)14-21/h1-3,8-15H,4-7,16H2,(H,26,27). The molecule has 0 saturated heterocycles. The predicted octanol–water partition coefficient (Wildman–Crippen LogP) is 6.03. The molecule has 0 radical (unpaired) electrons. The summed E-state index contributed by atoms with van der Waals surface area (Å²) in [5.74, 6) is 1.63. The second-order valence-corrected chi connectivity index (χ2v) is 7.47. The van der Waals surface area contributed by atoms with Crippen molar-refractivity contribution in [1.29, 1.82) is 0 Å². The van der Waals surface area contributed by atoms with E-state index in [0.29, 0.717) is 28.0 Å². The van der Waals surface area contributed by atoms with Crippen LogP contribution in [0.1, 0.15) is 24.0 Å². The van der Waals surface area contributed by atoms with Crippen LogP contribution in [0, 0.1) is 0 Å². The van der Waals surface area contributed by atoms with Gasteiger partial charge in [-0.3, -0.25) is 4.79 Å². The van der Waals surface area contributed by atoms with Crippen molar-refractivity contribution in [1.82, 2.24) is 0 Å². The van der Waals surface area contributed by atoms with Crippen LogP contribution >= 0.6 is 11.6 Å². The molecule has 148 valence electrons. The Kier molecular flexibility index (Phi) is 6.01. The monoisotopic (exact) mass is 407 g/mol. The fraction of sp³-hybridized carbons (Fsp3) is 0.208. The van der Waals surface area contributed by atoms with Crippen LogP contribution in [0.25, 0.3) is 0 Å². The number of amides is 1. The zero-order chi connectivity index (χ0) is 20.1. The van der Waals surface area contributed by atoms with Crippen molar-refractivity contribution >= 4 is 23.2 Å². The minimum Gasteiger partial charge on any atom is -0.484 e. The van der Waals surface area contributed by atoms with E-state index in [2.05, 4.69) is 11.4 Å². The first-order valence-electron chi connectivity index (χ1n) is 9.74. The van der Waals surface area contributed by atoms with Crippen molar-refractivity contribution < 1.29 is 14.3 Å². The second kappa shape index (κ2) is 9.01. The van der Waals surface area contributed by atoms with Gasteiger partial charge in [0.2, 0.25) is 0 Å². The number of halogens is 1. The lowest BCUT2D eigenvalue weighted by atomic mass is 9.92. The molecule has 0 unspecified atom stereocenters. The van der Waals surface area contributed by atoms with E-state index in [9.17, 15) is 4.79 Å². The molecule has 0 spiro atoms. The molecule has 0 aliphatic heterocycles. The topological polar surface area (TPSA) is 47.6 Å². The van der Waals surface area contributed by atoms with Crippen molar-refractivity contribution in [3.8, 4) is 17.2 Å². The molecular formula is C24H22ClNO3. The summed E-state index contributed by atoms with van der Waals surface area (Å²) in [7, 11) is 0. The quantitative estimate of drug-likeness (QED) is 0.542. The molecule has 0 bridgehead atoms. The molecule has 1 aliphatic carbocycles. The van der Waals surface area contributed by atoms with Crippen LogP contribution in [-0.4, -0.2) is 12.5 Å². The summed E-state index contributed by atoms with van der Waals surface area (Å²) >= 11 is 6.11. The summed E-state index contributed by atoms with van der Waals surface area (Å²) in [6.07, 6.45) is 4.63. The summed E-state index contributed by atoms with van der Waals surface area (Å²) in [6, 6.07) is 20.6.